The fourth-order valence-electron chi connectivity index (χ4n) is 2.48. The number of rotatable bonds is 2. The molecule has 2 nitrogen and oxygen atoms in total. The lowest BCUT2D eigenvalue weighted by atomic mass is 9.92. The van der Waals surface area contributed by atoms with Crippen LogP contribution in [-0.2, 0) is 11.6 Å². The van der Waals surface area contributed by atoms with Crippen LogP contribution >= 0.6 is 0 Å². The van der Waals surface area contributed by atoms with Crippen LogP contribution in [0.3, 0.4) is 0 Å². The van der Waals surface area contributed by atoms with E-state index in [2.05, 4.69) is 0 Å². The number of nitrogens with two attached hydrogens (primary N) is 1. The van der Waals surface area contributed by atoms with Crippen LogP contribution in [0.2, 0.25) is 0 Å². The van der Waals surface area contributed by atoms with Gasteiger partial charge in [0.2, 0.25) is 5.76 Å². The molecule has 3 rings (SSSR count). The summed E-state index contributed by atoms with van der Waals surface area (Å²) in [5, 5.41) is 0. The standard InChI is InChI=1S/C11H12F3NO/c12-11(13,14)8-2-1-7(16-8)9(3-4-9)10(15)5-6-10/h1-2H,3-6,15H2. The molecule has 2 aliphatic rings. The third kappa shape index (κ3) is 1.24. The van der Waals surface area contributed by atoms with Gasteiger partial charge in [-0.15, -0.1) is 0 Å². The van der Waals surface area contributed by atoms with Crippen LogP contribution in [-0.4, -0.2) is 5.54 Å². The summed E-state index contributed by atoms with van der Waals surface area (Å²) >= 11 is 0. The number of halogens is 3. The first-order valence-electron chi connectivity index (χ1n) is 5.34. The molecule has 1 aromatic heterocycles. The summed E-state index contributed by atoms with van der Waals surface area (Å²) in [5.41, 5.74) is 5.48. The van der Waals surface area contributed by atoms with Crippen LogP contribution in [0.25, 0.3) is 0 Å². The van der Waals surface area contributed by atoms with Gasteiger partial charge in [-0.25, -0.2) is 0 Å². The van der Waals surface area contributed by atoms with Crippen molar-refractivity contribution in [2.45, 2.75) is 42.8 Å². The molecule has 0 saturated heterocycles. The summed E-state index contributed by atoms with van der Waals surface area (Å²) in [6, 6.07) is 2.43. The molecule has 2 aliphatic carbocycles. The van der Waals surface area contributed by atoms with E-state index in [-0.39, 0.29) is 11.0 Å². The van der Waals surface area contributed by atoms with Gasteiger partial charge < -0.3 is 10.2 Å². The Morgan fingerprint density at radius 1 is 1.12 bits per heavy atom. The third-order valence-corrected chi connectivity index (χ3v) is 3.85. The van der Waals surface area contributed by atoms with E-state index in [4.69, 9.17) is 10.2 Å². The van der Waals surface area contributed by atoms with Crippen LogP contribution in [0.15, 0.2) is 16.5 Å². The van der Waals surface area contributed by atoms with Gasteiger partial charge in [-0.2, -0.15) is 13.2 Å². The molecule has 0 bridgehead atoms. The van der Waals surface area contributed by atoms with Crippen molar-refractivity contribution in [2.24, 2.45) is 5.73 Å². The SMILES string of the molecule is NC1(C2(c3ccc(C(F)(F)F)o3)CC2)CC1. The summed E-state index contributed by atoms with van der Waals surface area (Å²) in [6.07, 6.45) is -0.952. The highest BCUT2D eigenvalue weighted by molar-refractivity contribution is 5.36. The predicted molar refractivity (Wildman–Crippen MR) is 50.8 cm³/mol. The van der Waals surface area contributed by atoms with E-state index in [0.29, 0.717) is 5.76 Å². The first kappa shape index (κ1) is 10.2. The molecule has 0 amide bonds. The maximum absolute atomic E-state index is 12.4. The van der Waals surface area contributed by atoms with Crippen LogP contribution in [0.1, 0.15) is 37.2 Å². The zero-order chi connectivity index (χ0) is 11.6. The highest BCUT2D eigenvalue weighted by Crippen LogP contribution is 2.64. The number of hydrogen-bond acceptors (Lipinski definition) is 2. The molecule has 1 aromatic rings. The summed E-state index contributed by atoms with van der Waals surface area (Å²) in [6.45, 7) is 0. The largest absolute Gasteiger partial charge is 0.456 e. The maximum atomic E-state index is 12.4. The second-order valence-corrected chi connectivity index (χ2v) is 4.90. The van der Waals surface area contributed by atoms with Crippen molar-refractivity contribution < 1.29 is 17.6 Å². The van der Waals surface area contributed by atoms with Gasteiger partial charge in [0.05, 0.1) is 0 Å². The first-order valence-corrected chi connectivity index (χ1v) is 5.34. The molecule has 2 N–H and O–H groups in total. The fraction of sp³-hybridized carbons (Fsp3) is 0.636. The molecular weight excluding hydrogens is 219 g/mol. The van der Waals surface area contributed by atoms with Crippen LogP contribution in [0.5, 0.6) is 0 Å². The Bertz CT molecular complexity index is 427. The lowest BCUT2D eigenvalue weighted by Gasteiger charge is -2.20. The van der Waals surface area contributed by atoms with Crippen molar-refractivity contribution in [1.29, 1.82) is 0 Å². The van der Waals surface area contributed by atoms with Gasteiger partial charge in [0.25, 0.3) is 0 Å². The third-order valence-electron chi connectivity index (χ3n) is 3.85. The molecular formula is C11H12F3NO. The number of hydrogen-bond donors (Lipinski definition) is 1. The highest BCUT2D eigenvalue weighted by atomic mass is 19.4. The minimum Gasteiger partial charge on any atom is -0.456 e. The smallest absolute Gasteiger partial charge is 0.449 e. The van der Waals surface area contributed by atoms with Gasteiger partial charge in [-0.05, 0) is 37.8 Å². The monoisotopic (exact) mass is 231 g/mol. The molecule has 1 heterocycles. The molecule has 5 heteroatoms. The molecule has 2 fully saturated rings. The molecule has 2 saturated carbocycles. The van der Waals surface area contributed by atoms with E-state index >= 15 is 0 Å². The van der Waals surface area contributed by atoms with Crippen molar-refractivity contribution in [3.8, 4) is 0 Å². The quantitative estimate of drug-likeness (QED) is 0.850. The Kier molecular flexibility index (Phi) is 1.68. The Morgan fingerprint density at radius 3 is 2.12 bits per heavy atom. The Morgan fingerprint density at radius 2 is 1.75 bits per heavy atom. The fourth-order valence-corrected chi connectivity index (χ4v) is 2.48. The summed E-state index contributed by atoms with van der Waals surface area (Å²) in [7, 11) is 0. The zero-order valence-electron chi connectivity index (χ0n) is 8.60. The normalized spacial score (nSPS) is 25.5. The Labute approximate surface area is 90.6 Å². The molecule has 88 valence electrons. The van der Waals surface area contributed by atoms with Crippen LogP contribution in [0, 0.1) is 0 Å². The van der Waals surface area contributed by atoms with Gasteiger partial charge in [0.15, 0.2) is 0 Å². The summed E-state index contributed by atoms with van der Waals surface area (Å²) in [5.74, 6) is -0.502. The lowest BCUT2D eigenvalue weighted by molar-refractivity contribution is -0.153. The molecule has 0 aromatic carbocycles. The average molecular weight is 231 g/mol. The summed E-state index contributed by atoms with van der Waals surface area (Å²) in [4.78, 5) is 0. The van der Waals surface area contributed by atoms with Gasteiger partial charge in [0.1, 0.15) is 5.76 Å². The second kappa shape index (κ2) is 2.64. The molecule has 16 heavy (non-hydrogen) atoms. The molecule has 0 spiro atoms. The Hall–Kier alpha value is -0.970. The van der Waals surface area contributed by atoms with Gasteiger partial charge >= 0.3 is 6.18 Å². The molecule has 0 atom stereocenters. The van der Waals surface area contributed by atoms with Crippen LogP contribution in [0.4, 0.5) is 13.2 Å². The maximum Gasteiger partial charge on any atom is 0.449 e. The minimum absolute atomic E-state index is 0.309. The van der Waals surface area contributed by atoms with E-state index in [9.17, 15) is 13.2 Å². The minimum atomic E-state index is -4.40. The van der Waals surface area contributed by atoms with Crippen molar-refractivity contribution >= 4 is 0 Å². The molecule has 0 unspecified atom stereocenters. The average Bonchev–Trinajstić information content (AvgIpc) is 3.07. The van der Waals surface area contributed by atoms with E-state index < -0.39 is 11.9 Å². The van der Waals surface area contributed by atoms with E-state index in [1.165, 1.54) is 6.07 Å². The lowest BCUT2D eigenvalue weighted by Crippen LogP contribution is -2.36. The van der Waals surface area contributed by atoms with E-state index in [0.717, 1.165) is 31.7 Å². The highest BCUT2D eigenvalue weighted by Gasteiger charge is 2.66. The van der Waals surface area contributed by atoms with Crippen molar-refractivity contribution in [2.75, 3.05) is 0 Å². The van der Waals surface area contributed by atoms with E-state index in [1.54, 1.807) is 0 Å². The van der Waals surface area contributed by atoms with E-state index in [1.807, 2.05) is 0 Å². The van der Waals surface area contributed by atoms with Gasteiger partial charge in [0, 0.05) is 11.0 Å². The first-order chi connectivity index (χ1) is 7.37. The number of furan rings is 1. The van der Waals surface area contributed by atoms with Gasteiger partial charge in [-0.1, -0.05) is 0 Å². The molecule has 0 aliphatic heterocycles. The van der Waals surface area contributed by atoms with Crippen molar-refractivity contribution in [1.82, 2.24) is 0 Å². The van der Waals surface area contributed by atoms with Crippen molar-refractivity contribution in [3.63, 3.8) is 0 Å². The zero-order valence-corrected chi connectivity index (χ0v) is 8.60. The van der Waals surface area contributed by atoms with Crippen molar-refractivity contribution in [3.05, 3.63) is 23.7 Å². The van der Waals surface area contributed by atoms with Crippen LogP contribution < -0.4 is 5.73 Å². The van der Waals surface area contributed by atoms with Gasteiger partial charge in [-0.3, -0.25) is 0 Å². The number of alkyl halides is 3. The predicted octanol–water partition coefficient (Wildman–Crippen LogP) is 2.82. The topological polar surface area (TPSA) is 39.2 Å². The summed E-state index contributed by atoms with van der Waals surface area (Å²) < 4.78 is 42.1. The molecule has 0 radical (unpaired) electrons. The Balaban J connectivity index is 1.94. The second-order valence-electron chi connectivity index (χ2n) is 4.90.